The highest BCUT2D eigenvalue weighted by molar-refractivity contribution is 5.24. The molecule has 8 bridgehead atoms. The highest BCUT2D eigenvalue weighted by atomic mass is 14.8. The lowest BCUT2D eigenvalue weighted by Gasteiger charge is -2.52. The topological polar surface area (TPSA) is 0 Å². The third kappa shape index (κ3) is 1.19. The third-order valence-electron chi connectivity index (χ3n) is 13.2. The average molecular weight is 335 g/mol. The zero-order valence-electron chi connectivity index (χ0n) is 15.6. The quantitative estimate of drug-likeness (QED) is 0.515. The van der Waals surface area contributed by atoms with Gasteiger partial charge in [0.2, 0.25) is 0 Å². The molecule has 9 aliphatic rings. The molecule has 134 valence electrons. The summed E-state index contributed by atoms with van der Waals surface area (Å²) in [4.78, 5) is 0. The Morgan fingerprint density at radius 1 is 0.320 bits per heavy atom. The van der Waals surface area contributed by atoms with E-state index in [4.69, 9.17) is 0 Å². The van der Waals surface area contributed by atoms with E-state index in [2.05, 4.69) is 0 Å². The molecule has 9 rings (SSSR count). The number of fused-ring (bicyclic) bond motifs is 26. The van der Waals surface area contributed by atoms with E-state index in [9.17, 15) is 0 Å². The van der Waals surface area contributed by atoms with Gasteiger partial charge in [-0.25, -0.2) is 0 Å². The summed E-state index contributed by atoms with van der Waals surface area (Å²) in [6.07, 6.45) is 15.0. The van der Waals surface area contributed by atoms with E-state index >= 15 is 0 Å². The fourth-order valence-corrected chi connectivity index (χ4v) is 13.7. The first-order chi connectivity index (χ1) is 12.4. The standard InChI is InChI=1S/C25H34/c1-2-12-13(3-1)15-7-14(12)22-18-9-19(23(15)22)25-17-8-16(24(18)25)20-10-4-5-11(6-10)21(17)20/h10-25H,1-9H2. The van der Waals surface area contributed by atoms with Crippen LogP contribution < -0.4 is 0 Å². The van der Waals surface area contributed by atoms with Gasteiger partial charge in [0.25, 0.3) is 0 Å². The van der Waals surface area contributed by atoms with Gasteiger partial charge in [0.05, 0.1) is 0 Å². The minimum atomic E-state index is 1.21. The molecule has 0 N–H and O–H groups in total. The second-order valence-electron chi connectivity index (χ2n) is 12.7. The van der Waals surface area contributed by atoms with Gasteiger partial charge >= 0.3 is 0 Å². The van der Waals surface area contributed by atoms with Crippen LogP contribution in [0.5, 0.6) is 0 Å². The lowest BCUT2D eigenvalue weighted by molar-refractivity contribution is -0.0467. The first-order valence-electron chi connectivity index (χ1n) is 12.4. The van der Waals surface area contributed by atoms with Gasteiger partial charge in [-0.3, -0.25) is 0 Å². The first-order valence-corrected chi connectivity index (χ1v) is 12.4. The molecule has 0 aliphatic heterocycles. The lowest BCUT2D eigenvalue weighted by Crippen LogP contribution is -2.48. The zero-order valence-corrected chi connectivity index (χ0v) is 15.6. The van der Waals surface area contributed by atoms with Gasteiger partial charge in [-0.05, 0) is 146 Å². The van der Waals surface area contributed by atoms with Crippen LogP contribution in [0.4, 0.5) is 0 Å². The molecule has 0 aromatic rings. The van der Waals surface area contributed by atoms with Crippen LogP contribution in [0.2, 0.25) is 0 Å². The van der Waals surface area contributed by atoms with Crippen LogP contribution in [0.15, 0.2) is 0 Å². The summed E-state index contributed by atoms with van der Waals surface area (Å²) in [5.74, 6) is 19.8. The van der Waals surface area contributed by atoms with Crippen LogP contribution in [-0.4, -0.2) is 0 Å². The minimum Gasteiger partial charge on any atom is -0.0527 e. The van der Waals surface area contributed by atoms with Crippen molar-refractivity contribution in [1.82, 2.24) is 0 Å². The van der Waals surface area contributed by atoms with Gasteiger partial charge in [0.15, 0.2) is 0 Å². The van der Waals surface area contributed by atoms with Crippen molar-refractivity contribution in [3.8, 4) is 0 Å². The van der Waals surface area contributed by atoms with Gasteiger partial charge in [0, 0.05) is 0 Å². The normalized spacial score (nSPS) is 77.8. The summed E-state index contributed by atoms with van der Waals surface area (Å²) in [5.41, 5.74) is 0. The molecule has 0 aromatic heterocycles. The molecule has 16 atom stereocenters. The van der Waals surface area contributed by atoms with E-state index in [1.165, 1.54) is 94.7 Å². The molecule has 0 heterocycles. The summed E-state index contributed by atoms with van der Waals surface area (Å²) in [6.45, 7) is 0. The van der Waals surface area contributed by atoms with E-state index in [1.54, 1.807) is 57.8 Å². The van der Waals surface area contributed by atoms with Gasteiger partial charge in [0.1, 0.15) is 0 Å². The molecule has 0 heteroatoms. The zero-order chi connectivity index (χ0) is 15.6. The molecule has 0 aromatic carbocycles. The maximum atomic E-state index is 1.74. The van der Waals surface area contributed by atoms with Crippen LogP contribution in [0.1, 0.15) is 57.8 Å². The lowest BCUT2D eigenvalue weighted by atomic mass is 9.53. The average Bonchev–Trinajstić information content (AvgIpc) is 3.49. The van der Waals surface area contributed by atoms with Crippen molar-refractivity contribution in [2.24, 2.45) is 94.7 Å². The smallest absolute Gasteiger partial charge is 0.0318 e. The van der Waals surface area contributed by atoms with Gasteiger partial charge in [-0.2, -0.15) is 0 Å². The Balaban J connectivity index is 1.14. The van der Waals surface area contributed by atoms with Crippen LogP contribution >= 0.6 is 0 Å². The molecule has 9 fully saturated rings. The van der Waals surface area contributed by atoms with Crippen molar-refractivity contribution in [2.75, 3.05) is 0 Å². The predicted molar refractivity (Wildman–Crippen MR) is 97.4 cm³/mol. The molecule has 0 amide bonds. The second-order valence-corrected chi connectivity index (χ2v) is 12.7. The largest absolute Gasteiger partial charge is 0.0527 e. The number of hydrogen-bond donors (Lipinski definition) is 0. The Morgan fingerprint density at radius 3 is 1.32 bits per heavy atom. The number of rotatable bonds is 0. The Bertz CT molecular complexity index is 613. The van der Waals surface area contributed by atoms with Crippen molar-refractivity contribution in [1.29, 1.82) is 0 Å². The number of hydrogen-bond acceptors (Lipinski definition) is 0. The fraction of sp³-hybridized carbons (Fsp3) is 1.00. The van der Waals surface area contributed by atoms with Crippen LogP contribution in [0.25, 0.3) is 0 Å². The van der Waals surface area contributed by atoms with Crippen LogP contribution in [0, 0.1) is 94.7 Å². The van der Waals surface area contributed by atoms with E-state index in [-0.39, 0.29) is 0 Å². The van der Waals surface area contributed by atoms with Gasteiger partial charge in [-0.15, -0.1) is 0 Å². The predicted octanol–water partition coefficient (Wildman–Crippen LogP) is 5.48. The van der Waals surface area contributed by atoms with E-state index in [0.717, 1.165) is 0 Å². The molecule has 9 saturated carbocycles. The van der Waals surface area contributed by atoms with Gasteiger partial charge in [-0.1, -0.05) is 6.42 Å². The Kier molecular flexibility index (Phi) is 2.07. The van der Waals surface area contributed by atoms with Crippen molar-refractivity contribution in [3.63, 3.8) is 0 Å². The van der Waals surface area contributed by atoms with Crippen molar-refractivity contribution in [3.05, 3.63) is 0 Å². The maximum absolute atomic E-state index is 1.74. The Morgan fingerprint density at radius 2 is 0.760 bits per heavy atom. The molecular weight excluding hydrogens is 300 g/mol. The third-order valence-corrected chi connectivity index (χ3v) is 13.2. The molecule has 9 aliphatic carbocycles. The molecule has 16 unspecified atom stereocenters. The molecule has 0 nitrogen and oxygen atoms in total. The van der Waals surface area contributed by atoms with Gasteiger partial charge < -0.3 is 0 Å². The fourth-order valence-electron chi connectivity index (χ4n) is 13.7. The van der Waals surface area contributed by atoms with Crippen molar-refractivity contribution < 1.29 is 0 Å². The monoisotopic (exact) mass is 334 g/mol. The summed E-state index contributed by atoms with van der Waals surface area (Å²) in [5, 5.41) is 0. The van der Waals surface area contributed by atoms with Crippen LogP contribution in [0.3, 0.4) is 0 Å². The Labute approximate surface area is 152 Å². The van der Waals surface area contributed by atoms with Crippen molar-refractivity contribution >= 4 is 0 Å². The first kappa shape index (κ1) is 13.2. The van der Waals surface area contributed by atoms with E-state index < -0.39 is 0 Å². The maximum Gasteiger partial charge on any atom is -0.0318 e. The molecule has 0 saturated heterocycles. The summed E-state index contributed by atoms with van der Waals surface area (Å²) in [7, 11) is 0. The summed E-state index contributed by atoms with van der Waals surface area (Å²) >= 11 is 0. The summed E-state index contributed by atoms with van der Waals surface area (Å²) < 4.78 is 0. The highest BCUT2D eigenvalue weighted by Gasteiger charge is 2.77. The van der Waals surface area contributed by atoms with E-state index in [0.29, 0.717) is 0 Å². The minimum absolute atomic E-state index is 1.21. The van der Waals surface area contributed by atoms with Crippen LogP contribution in [-0.2, 0) is 0 Å². The molecule has 25 heavy (non-hydrogen) atoms. The molecule has 0 radical (unpaired) electrons. The molecule has 0 spiro atoms. The highest BCUT2D eigenvalue weighted by Crippen LogP contribution is 2.82. The SMILES string of the molecule is C1CC2C(C1)C1CC2C2C3CC(C12)C1C2CC(C4C5CCC(C5)C24)C31. The van der Waals surface area contributed by atoms with Crippen molar-refractivity contribution in [2.45, 2.75) is 57.8 Å². The molecular formula is C25H34. The van der Waals surface area contributed by atoms with E-state index in [1.807, 2.05) is 0 Å². The summed E-state index contributed by atoms with van der Waals surface area (Å²) in [6, 6.07) is 0. The Hall–Kier alpha value is 0. The second kappa shape index (κ2) is 3.91.